The van der Waals surface area contributed by atoms with Crippen molar-refractivity contribution in [2.75, 3.05) is 0 Å². The molecular weight excluding hydrogens is 196 g/mol. The SMILES string of the molecule is C[C@H]1CC(C)(C)[C@H]2C[C@]3(C)CC[C@H]2[C@@]1(C)O3. The van der Waals surface area contributed by atoms with Crippen LogP contribution in [0.15, 0.2) is 0 Å². The Kier molecular flexibility index (Phi) is 1.98. The molecule has 2 heterocycles. The predicted molar refractivity (Wildman–Crippen MR) is 66.3 cm³/mol. The summed E-state index contributed by atoms with van der Waals surface area (Å²) in [6.45, 7) is 12.1. The Labute approximate surface area is 99.9 Å². The second-order valence-corrected chi connectivity index (χ2v) is 7.79. The summed E-state index contributed by atoms with van der Waals surface area (Å²) in [6, 6.07) is 0. The second-order valence-electron chi connectivity index (χ2n) is 7.79. The van der Waals surface area contributed by atoms with E-state index in [4.69, 9.17) is 4.74 Å². The van der Waals surface area contributed by atoms with Gasteiger partial charge in [-0.15, -0.1) is 0 Å². The Morgan fingerprint density at radius 1 is 1.00 bits per heavy atom. The van der Waals surface area contributed by atoms with Crippen LogP contribution >= 0.6 is 0 Å². The van der Waals surface area contributed by atoms with Crippen LogP contribution in [0.2, 0.25) is 0 Å². The summed E-state index contributed by atoms with van der Waals surface area (Å²) in [5, 5.41) is 0. The van der Waals surface area contributed by atoms with Gasteiger partial charge in [0.25, 0.3) is 0 Å². The maximum atomic E-state index is 6.54. The van der Waals surface area contributed by atoms with E-state index in [0.717, 1.165) is 11.8 Å². The lowest BCUT2D eigenvalue weighted by molar-refractivity contribution is -0.312. The van der Waals surface area contributed by atoms with Crippen molar-refractivity contribution >= 4 is 0 Å². The zero-order valence-corrected chi connectivity index (χ0v) is 11.5. The average Bonchev–Trinajstić information content (AvgIpc) is 2.14. The highest BCUT2D eigenvalue weighted by molar-refractivity contribution is 5.12. The first kappa shape index (κ1) is 11.1. The van der Waals surface area contributed by atoms with Crippen LogP contribution in [0.1, 0.15) is 60.3 Å². The summed E-state index contributed by atoms with van der Waals surface area (Å²) >= 11 is 0. The van der Waals surface area contributed by atoms with Gasteiger partial charge in [-0.2, -0.15) is 0 Å². The number of hydrogen-bond donors (Lipinski definition) is 0. The van der Waals surface area contributed by atoms with E-state index in [2.05, 4.69) is 34.6 Å². The molecule has 1 nitrogen and oxygen atoms in total. The molecule has 4 bridgehead atoms. The average molecular weight is 222 g/mol. The van der Waals surface area contributed by atoms with Crippen LogP contribution in [-0.2, 0) is 4.74 Å². The van der Waals surface area contributed by atoms with Crippen molar-refractivity contribution in [1.29, 1.82) is 0 Å². The standard InChI is InChI=1S/C15H26O/c1-10-8-13(2,3)12-9-14(4)7-6-11(12)15(10,5)16-14/h10-12H,6-9H2,1-5H3/t10-,11+,12-,14-,15-/m0/s1. The summed E-state index contributed by atoms with van der Waals surface area (Å²) in [7, 11) is 0. The zero-order chi connectivity index (χ0) is 11.8. The predicted octanol–water partition coefficient (Wildman–Crippen LogP) is 4.02. The molecule has 4 aliphatic rings. The molecule has 0 radical (unpaired) electrons. The van der Waals surface area contributed by atoms with E-state index in [1.807, 2.05) is 0 Å². The van der Waals surface area contributed by atoms with Gasteiger partial charge in [-0.25, -0.2) is 0 Å². The fourth-order valence-corrected chi connectivity index (χ4v) is 5.19. The molecule has 1 heteroatoms. The minimum atomic E-state index is 0.172. The van der Waals surface area contributed by atoms with Crippen LogP contribution in [0.3, 0.4) is 0 Å². The topological polar surface area (TPSA) is 9.23 Å². The van der Waals surface area contributed by atoms with Gasteiger partial charge in [-0.05, 0) is 62.7 Å². The Morgan fingerprint density at radius 3 is 2.31 bits per heavy atom. The maximum absolute atomic E-state index is 6.54. The lowest BCUT2D eigenvalue weighted by Crippen LogP contribution is -2.67. The Balaban J connectivity index is 2.06. The fraction of sp³-hybridized carbons (Fsp3) is 1.00. The van der Waals surface area contributed by atoms with E-state index in [9.17, 15) is 0 Å². The van der Waals surface area contributed by atoms with Gasteiger partial charge >= 0.3 is 0 Å². The highest BCUT2D eigenvalue weighted by atomic mass is 16.5. The lowest BCUT2D eigenvalue weighted by atomic mass is 9.47. The van der Waals surface area contributed by atoms with Crippen LogP contribution in [0.5, 0.6) is 0 Å². The molecule has 0 aromatic heterocycles. The molecule has 2 aliphatic heterocycles. The highest BCUT2D eigenvalue weighted by Gasteiger charge is 2.63. The van der Waals surface area contributed by atoms with Crippen molar-refractivity contribution in [3.63, 3.8) is 0 Å². The quantitative estimate of drug-likeness (QED) is 0.601. The van der Waals surface area contributed by atoms with E-state index < -0.39 is 0 Å². The van der Waals surface area contributed by atoms with E-state index >= 15 is 0 Å². The molecule has 0 aromatic rings. The van der Waals surface area contributed by atoms with Crippen LogP contribution in [0.25, 0.3) is 0 Å². The molecular formula is C15H26O. The van der Waals surface area contributed by atoms with Crippen LogP contribution in [0.4, 0.5) is 0 Å². The molecule has 5 atom stereocenters. The molecule has 2 saturated carbocycles. The van der Waals surface area contributed by atoms with E-state index in [-0.39, 0.29) is 11.2 Å². The van der Waals surface area contributed by atoms with Gasteiger partial charge in [0.15, 0.2) is 0 Å². The summed E-state index contributed by atoms with van der Waals surface area (Å²) < 4.78 is 6.54. The number of rotatable bonds is 0. The molecule has 16 heavy (non-hydrogen) atoms. The van der Waals surface area contributed by atoms with Crippen LogP contribution < -0.4 is 0 Å². The van der Waals surface area contributed by atoms with Gasteiger partial charge < -0.3 is 4.74 Å². The minimum absolute atomic E-state index is 0.172. The molecule has 0 N–H and O–H groups in total. The monoisotopic (exact) mass is 222 g/mol. The molecule has 0 spiro atoms. The normalized spacial score (nSPS) is 58.7. The smallest absolute Gasteiger partial charge is 0.0718 e. The number of hydrogen-bond acceptors (Lipinski definition) is 1. The first-order valence-electron chi connectivity index (χ1n) is 6.97. The van der Waals surface area contributed by atoms with Gasteiger partial charge in [0.1, 0.15) is 0 Å². The Bertz CT molecular complexity index is 321. The van der Waals surface area contributed by atoms with E-state index in [0.29, 0.717) is 11.3 Å². The summed E-state index contributed by atoms with van der Waals surface area (Å²) in [5.41, 5.74) is 0.876. The second kappa shape index (κ2) is 2.85. The van der Waals surface area contributed by atoms with E-state index in [1.54, 1.807) is 0 Å². The van der Waals surface area contributed by atoms with Gasteiger partial charge in [0.2, 0.25) is 0 Å². The van der Waals surface area contributed by atoms with Crippen molar-refractivity contribution in [2.45, 2.75) is 71.5 Å². The Hall–Kier alpha value is -0.0400. The van der Waals surface area contributed by atoms with Crippen molar-refractivity contribution < 1.29 is 4.74 Å². The summed E-state index contributed by atoms with van der Waals surface area (Å²) in [5.74, 6) is 2.41. The minimum Gasteiger partial charge on any atom is -0.369 e. The first-order chi connectivity index (χ1) is 7.27. The van der Waals surface area contributed by atoms with Gasteiger partial charge in [0.05, 0.1) is 11.2 Å². The first-order valence-corrected chi connectivity index (χ1v) is 6.97. The molecule has 92 valence electrons. The third kappa shape index (κ3) is 1.21. The summed E-state index contributed by atoms with van der Waals surface area (Å²) in [4.78, 5) is 0. The van der Waals surface area contributed by atoms with Crippen molar-refractivity contribution in [3.05, 3.63) is 0 Å². The van der Waals surface area contributed by atoms with Gasteiger partial charge in [-0.3, -0.25) is 0 Å². The van der Waals surface area contributed by atoms with Crippen molar-refractivity contribution in [1.82, 2.24) is 0 Å². The molecule has 0 aromatic carbocycles. The third-order valence-corrected chi connectivity index (χ3v) is 6.14. The molecule has 4 rings (SSSR count). The number of ether oxygens (including phenoxy) is 1. The molecule has 2 aliphatic carbocycles. The third-order valence-electron chi connectivity index (χ3n) is 6.14. The largest absolute Gasteiger partial charge is 0.369 e. The van der Waals surface area contributed by atoms with Gasteiger partial charge in [0, 0.05) is 0 Å². The van der Waals surface area contributed by atoms with Gasteiger partial charge in [-0.1, -0.05) is 20.8 Å². The van der Waals surface area contributed by atoms with Crippen molar-refractivity contribution in [2.24, 2.45) is 23.2 Å². The molecule has 2 saturated heterocycles. The molecule has 4 fully saturated rings. The molecule has 0 amide bonds. The van der Waals surface area contributed by atoms with E-state index in [1.165, 1.54) is 25.7 Å². The lowest BCUT2D eigenvalue weighted by Gasteiger charge is -2.67. The van der Waals surface area contributed by atoms with Crippen LogP contribution in [-0.4, -0.2) is 11.2 Å². The molecule has 0 unspecified atom stereocenters. The summed E-state index contributed by atoms with van der Waals surface area (Å²) in [6.07, 6.45) is 5.31. The van der Waals surface area contributed by atoms with Crippen LogP contribution in [0, 0.1) is 23.2 Å². The Morgan fingerprint density at radius 2 is 1.69 bits per heavy atom. The maximum Gasteiger partial charge on any atom is 0.0718 e. The fourth-order valence-electron chi connectivity index (χ4n) is 5.19. The number of fused-ring (bicyclic) bond motifs is 1. The highest BCUT2D eigenvalue weighted by Crippen LogP contribution is 2.64. The van der Waals surface area contributed by atoms with Crippen molar-refractivity contribution in [3.8, 4) is 0 Å². The zero-order valence-electron chi connectivity index (χ0n) is 11.5.